The molecule has 3 atom stereocenters. The molecule has 1 fully saturated rings. The molecule has 0 radical (unpaired) electrons. The molecule has 220 valence electrons. The summed E-state index contributed by atoms with van der Waals surface area (Å²) in [6.45, 7) is 7.69. The van der Waals surface area contributed by atoms with Crippen molar-refractivity contribution in [1.29, 1.82) is 0 Å². The quantitative estimate of drug-likeness (QED) is 0.264. The van der Waals surface area contributed by atoms with Gasteiger partial charge >= 0.3 is 4.87 Å². The van der Waals surface area contributed by atoms with Crippen LogP contribution in [-0.4, -0.2) is 40.6 Å². The van der Waals surface area contributed by atoms with Crippen molar-refractivity contribution in [2.24, 2.45) is 5.92 Å². The molecule has 3 heterocycles. The Labute approximate surface area is 258 Å². The van der Waals surface area contributed by atoms with Gasteiger partial charge in [0.15, 0.2) is 0 Å². The number of rotatable bonds is 8. The first kappa shape index (κ1) is 28.9. The Morgan fingerprint density at radius 1 is 0.884 bits per heavy atom. The van der Waals surface area contributed by atoms with Crippen LogP contribution in [0.1, 0.15) is 35.8 Å². The van der Waals surface area contributed by atoms with Gasteiger partial charge < -0.3 is 10.2 Å². The number of nitrogens with zero attached hydrogens (tertiary/aromatic N) is 3. The second-order valence-electron chi connectivity index (χ2n) is 10.7. The van der Waals surface area contributed by atoms with Gasteiger partial charge in [-0.2, -0.15) is 0 Å². The molecular formula is C33H32N4O4S2. The summed E-state index contributed by atoms with van der Waals surface area (Å²) < 4.78 is 1.45. The van der Waals surface area contributed by atoms with E-state index in [1.54, 1.807) is 24.3 Å². The highest BCUT2D eigenvalue weighted by atomic mass is 32.2. The fourth-order valence-electron chi connectivity index (χ4n) is 5.91. The molecule has 6 rings (SSSR count). The lowest BCUT2D eigenvalue weighted by Gasteiger charge is -2.31. The number of thioether (sulfide) groups is 1. The summed E-state index contributed by atoms with van der Waals surface area (Å²) in [4.78, 5) is 58.4. The number of fused-ring (bicyclic) bond motifs is 2. The van der Waals surface area contributed by atoms with E-state index in [9.17, 15) is 19.2 Å². The smallest absolute Gasteiger partial charge is 0.308 e. The van der Waals surface area contributed by atoms with Crippen molar-refractivity contribution in [2.75, 3.05) is 28.2 Å². The van der Waals surface area contributed by atoms with Crippen molar-refractivity contribution in [3.05, 3.63) is 105 Å². The van der Waals surface area contributed by atoms with Gasteiger partial charge in [-0.25, -0.2) is 4.90 Å². The van der Waals surface area contributed by atoms with E-state index in [-0.39, 0.29) is 29.1 Å². The van der Waals surface area contributed by atoms with E-state index in [0.717, 1.165) is 41.2 Å². The topological polar surface area (TPSA) is 91.7 Å². The van der Waals surface area contributed by atoms with Crippen LogP contribution >= 0.6 is 23.1 Å². The van der Waals surface area contributed by atoms with Gasteiger partial charge in [-0.3, -0.25) is 23.7 Å². The third kappa shape index (κ3) is 5.29. The zero-order chi connectivity index (χ0) is 30.2. The Morgan fingerprint density at radius 3 is 2.21 bits per heavy atom. The number of amides is 3. The molecule has 1 N–H and O–H groups in total. The normalized spacial score (nSPS) is 19.2. The lowest BCUT2D eigenvalue weighted by atomic mass is 9.83. The van der Waals surface area contributed by atoms with Gasteiger partial charge in [0.25, 0.3) is 0 Å². The van der Waals surface area contributed by atoms with Crippen molar-refractivity contribution in [1.82, 2.24) is 4.57 Å². The molecule has 43 heavy (non-hydrogen) atoms. The molecule has 3 aromatic carbocycles. The summed E-state index contributed by atoms with van der Waals surface area (Å²) in [5.74, 6) is -2.11. The molecule has 2 aliphatic heterocycles. The highest BCUT2D eigenvalue weighted by molar-refractivity contribution is 8.00. The van der Waals surface area contributed by atoms with Crippen LogP contribution in [0.2, 0.25) is 0 Å². The van der Waals surface area contributed by atoms with Gasteiger partial charge in [0, 0.05) is 35.3 Å². The van der Waals surface area contributed by atoms with Crippen LogP contribution in [0.5, 0.6) is 0 Å². The van der Waals surface area contributed by atoms with E-state index < -0.39 is 17.1 Å². The third-order valence-corrected chi connectivity index (χ3v) is 10.7. The zero-order valence-electron chi connectivity index (χ0n) is 24.2. The average molecular weight is 613 g/mol. The summed E-state index contributed by atoms with van der Waals surface area (Å²) in [6, 6.07) is 24.5. The van der Waals surface area contributed by atoms with Crippen molar-refractivity contribution in [3.63, 3.8) is 0 Å². The maximum Gasteiger partial charge on any atom is 0.308 e. The second-order valence-corrected chi connectivity index (χ2v) is 12.8. The number of aromatic nitrogens is 1. The largest absolute Gasteiger partial charge is 0.372 e. The van der Waals surface area contributed by atoms with Gasteiger partial charge in [0.05, 0.1) is 16.6 Å². The van der Waals surface area contributed by atoms with E-state index in [1.807, 2.05) is 61.5 Å². The number of anilines is 3. The van der Waals surface area contributed by atoms with Crippen LogP contribution in [0.4, 0.5) is 17.1 Å². The number of carbonyl (C=O) groups is 3. The first-order chi connectivity index (χ1) is 20.8. The summed E-state index contributed by atoms with van der Waals surface area (Å²) >= 11 is 2.28. The van der Waals surface area contributed by atoms with Crippen LogP contribution in [0.15, 0.2) is 88.7 Å². The monoisotopic (exact) mass is 612 g/mol. The molecule has 4 aromatic rings. The standard InChI is InChI=1S/C33H32N4O4S2/c1-4-35(5-2)23-17-13-21(14-18-23)26-27-28(31(40)37(30(27)39)24-9-7-6-8-10-24)42-32-29(26)43-33(41)36(32)19-25(38)34-22-15-11-20(3)12-16-22/h6-18,26-28H,4-5,19H2,1-3H3,(H,34,38)/t26-,27-,28+/m0/s1. The van der Waals surface area contributed by atoms with Gasteiger partial charge in [-0.1, -0.05) is 71.1 Å². The van der Waals surface area contributed by atoms with E-state index in [2.05, 4.69) is 24.1 Å². The number of benzene rings is 3. The number of thiazole rings is 1. The van der Waals surface area contributed by atoms with Crippen LogP contribution in [-0.2, 0) is 20.9 Å². The number of para-hydroxylation sites is 1. The molecule has 0 aliphatic carbocycles. The van der Waals surface area contributed by atoms with Crippen molar-refractivity contribution in [2.45, 2.75) is 43.5 Å². The maximum absolute atomic E-state index is 14.0. The summed E-state index contributed by atoms with van der Waals surface area (Å²) in [6.07, 6.45) is 0. The number of nitrogens with one attached hydrogen (secondary N) is 1. The molecule has 1 aromatic heterocycles. The van der Waals surface area contributed by atoms with Gasteiger partial charge in [0.2, 0.25) is 17.7 Å². The first-order valence-corrected chi connectivity index (χ1v) is 16.0. The minimum atomic E-state index is -0.729. The van der Waals surface area contributed by atoms with Crippen molar-refractivity contribution in [3.8, 4) is 0 Å². The Hall–Kier alpha value is -4.15. The molecule has 0 saturated carbocycles. The van der Waals surface area contributed by atoms with E-state index in [1.165, 1.54) is 21.2 Å². The minimum Gasteiger partial charge on any atom is -0.372 e. The number of hydrogen-bond donors (Lipinski definition) is 1. The van der Waals surface area contributed by atoms with Crippen LogP contribution in [0, 0.1) is 12.8 Å². The van der Waals surface area contributed by atoms with Crippen LogP contribution in [0.3, 0.4) is 0 Å². The Bertz CT molecular complexity index is 1730. The van der Waals surface area contributed by atoms with Crippen LogP contribution < -0.4 is 20.0 Å². The molecule has 0 unspecified atom stereocenters. The summed E-state index contributed by atoms with van der Waals surface area (Å²) in [7, 11) is 0. The highest BCUT2D eigenvalue weighted by Gasteiger charge is 2.56. The van der Waals surface area contributed by atoms with E-state index in [0.29, 0.717) is 21.3 Å². The fourth-order valence-corrected chi connectivity index (χ4v) is 8.68. The molecule has 1 saturated heterocycles. The zero-order valence-corrected chi connectivity index (χ0v) is 25.8. The number of aryl methyl sites for hydroxylation is 1. The average Bonchev–Trinajstić information content (AvgIpc) is 3.46. The maximum atomic E-state index is 14.0. The van der Waals surface area contributed by atoms with Crippen molar-refractivity contribution >= 4 is 57.9 Å². The lowest BCUT2D eigenvalue weighted by Crippen LogP contribution is -2.33. The highest BCUT2D eigenvalue weighted by Crippen LogP contribution is 2.54. The third-order valence-electron chi connectivity index (χ3n) is 8.08. The molecule has 8 nitrogen and oxygen atoms in total. The minimum absolute atomic E-state index is 0.193. The molecule has 3 amide bonds. The first-order valence-electron chi connectivity index (χ1n) is 14.3. The molecular weight excluding hydrogens is 581 g/mol. The number of imide groups is 1. The SMILES string of the molecule is CCN(CC)c1ccc([C@@H]2c3sc(=O)n(CC(=O)Nc4ccc(C)cc4)c3S[C@H]3C(=O)N(c4ccccc4)C(=O)[C@@H]23)cc1. The van der Waals surface area contributed by atoms with E-state index in [4.69, 9.17) is 0 Å². The Morgan fingerprint density at radius 2 is 1.56 bits per heavy atom. The Kier molecular flexibility index (Phi) is 7.98. The summed E-state index contributed by atoms with van der Waals surface area (Å²) in [5.41, 5.74) is 4.17. The Balaban J connectivity index is 1.40. The molecule has 10 heteroatoms. The van der Waals surface area contributed by atoms with E-state index >= 15 is 0 Å². The van der Waals surface area contributed by atoms with Gasteiger partial charge in [-0.15, -0.1) is 0 Å². The molecule has 0 bridgehead atoms. The van der Waals surface area contributed by atoms with Gasteiger partial charge in [0.1, 0.15) is 11.8 Å². The number of carbonyl (C=O) groups excluding carboxylic acids is 3. The number of hydrogen-bond acceptors (Lipinski definition) is 7. The lowest BCUT2D eigenvalue weighted by molar-refractivity contribution is -0.122. The van der Waals surface area contributed by atoms with Crippen molar-refractivity contribution < 1.29 is 14.4 Å². The summed E-state index contributed by atoms with van der Waals surface area (Å²) in [5, 5.41) is 2.71. The van der Waals surface area contributed by atoms with Gasteiger partial charge in [-0.05, 0) is 62.7 Å². The molecule has 2 aliphatic rings. The molecule has 0 spiro atoms. The van der Waals surface area contributed by atoms with Crippen LogP contribution in [0.25, 0.3) is 0 Å². The predicted molar refractivity (Wildman–Crippen MR) is 172 cm³/mol. The predicted octanol–water partition coefficient (Wildman–Crippen LogP) is 5.50. The fraction of sp³-hybridized carbons (Fsp3) is 0.273. The second kappa shape index (κ2) is 11.9.